The molecule has 28 heavy (non-hydrogen) atoms. The minimum atomic E-state index is -0.185. The second kappa shape index (κ2) is 8.60. The van der Waals surface area contributed by atoms with Gasteiger partial charge in [-0.3, -0.25) is 0 Å². The van der Waals surface area contributed by atoms with Gasteiger partial charge in [-0.25, -0.2) is 4.39 Å². The van der Waals surface area contributed by atoms with Gasteiger partial charge in [-0.15, -0.1) is 0 Å². The summed E-state index contributed by atoms with van der Waals surface area (Å²) < 4.78 is 19.5. The fourth-order valence-corrected chi connectivity index (χ4v) is 4.22. The quantitative estimate of drug-likeness (QED) is 0.454. The molecule has 144 valence electrons. The summed E-state index contributed by atoms with van der Waals surface area (Å²) >= 11 is 0. The summed E-state index contributed by atoms with van der Waals surface area (Å²) in [6, 6.07) is 22.0. The second-order valence-electron chi connectivity index (χ2n) is 7.71. The molecule has 1 atom stereocenters. The molecule has 1 aliphatic carbocycles. The van der Waals surface area contributed by atoms with Gasteiger partial charge in [-0.2, -0.15) is 0 Å². The molecule has 0 heterocycles. The first-order valence-electron chi connectivity index (χ1n) is 10.3. The Labute approximate surface area is 167 Å². The maximum atomic E-state index is 13.7. The zero-order chi connectivity index (χ0) is 19.3. The van der Waals surface area contributed by atoms with Crippen LogP contribution >= 0.6 is 0 Å². The third-order valence-electron chi connectivity index (χ3n) is 5.60. The molecule has 0 amide bonds. The van der Waals surface area contributed by atoms with Crippen molar-refractivity contribution < 1.29 is 9.13 Å². The van der Waals surface area contributed by atoms with Crippen molar-refractivity contribution in [3.05, 3.63) is 89.2 Å². The lowest BCUT2D eigenvalue weighted by Crippen LogP contribution is -2.12. The third kappa shape index (κ3) is 4.27. The number of halogens is 1. The van der Waals surface area contributed by atoms with Crippen LogP contribution in [0.1, 0.15) is 48.8 Å². The Balaban J connectivity index is 1.60. The molecular weight excluding hydrogens is 347 g/mol. The van der Waals surface area contributed by atoms with Crippen LogP contribution in [0.4, 0.5) is 4.39 Å². The lowest BCUT2D eigenvalue weighted by molar-refractivity contribution is 0.317. The summed E-state index contributed by atoms with van der Waals surface area (Å²) in [5.41, 5.74) is 6.23. The summed E-state index contributed by atoms with van der Waals surface area (Å²) in [7, 11) is 0. The maximum absolute atomic E-state index is 13.7. The third-order valence-corrected chi connectivity index (χ3v) is 5.60. The van der Waals surface area contributed by atoms with Gasteiger partial charge in [0.25, 0.3) is 0 Å². The largest absolute Gasteiger partial charge is 0.494 e. The van der Waals surface area contributed by atoms with Crippen LogP contribution in [0.3, 0.4) is 0 Å². The molecule has 0 fully saturated rings. The van der Waals surface area contributed by atoms with Crippen molar-refractivity contribution in [1.29, 1.82) is 0 Å². The zero-order valence-corrected chi connectivity index (χ0v) is 16.5. The Bertz CT molecular complexity index is 947. The van der Waals surface area contributed by atoms with E-state index in [0.29, 0.717) is 5.92 Å². The lowest BCUT2D eigenvalue weighted by Gasteiger charge is -2.26. The predicted molar refractivity (Wildman–Crippen MR) is 113 cm³/mol. The summed E-state index contributed by atoms with van der Waals surface area (Å²) in [4.78, 5) is 0. The molecule has 0 saturated carbocycles. The molecule has 0 radical (unpaired) electrons. The van der Waals surface area contributed by atoms with Crippen LogP contribution in [0.15, 0.2) is 66.7 Å². The molecule has 0 N–H and O–H groups in total. The van der Waals surface area contributed by atoms with E-state index >= 15 is 0 Å². The number of benzene rings is 3. The van der Waals surface area contributed by atoms with E-state index in [9.17, 15) is 4.39 Å². The Morgan fingerprint density at radius 1 is 0.964 bits per heavy atom. The molecule has 1 nitrogen and oxygen atoms in total. The summed E-state index contributed by atoms with van der Waals surface area (Å²) in [6.07, 6.45) is 5.59. The molecule has 3 aromatic rings. The van der Waals surface area contributed by atoms with Crippen LogP contribution in [-0.2, 0) is 12.8 Å². The van der Waals surface area contributed by atoms with Crippen LogP contribution in [0.25, 0.3) is 11.1 Å². The van der Waals surface area contributed by atoms with Crippen LogP contribution in [0.5, 0.6) is 5.75 Å². The summed E-state index contributed by atoms with van der Waals surface area (Å²) in [5.74, 6) is 1.28. The predicted octanol–water partition coefficient (Wildman–Crippen LogP) is 6.94. The molecule has 0 aromatic heterocycles. The highest BCUT2D eigenvalue weighted by atomic mass is 19.1. The monoisotopic (exact) mass is 374 g/mol. The van der Waals surface area contributed by atoms with E-state index < -0.39 is 0 Å². The van der Waals surface area contributed by atoms with Crippen molar-refractivity contribution >= 4 is 0 Å². The van der Waals surface area contributed by atoms with E-state index in [1.54, 1.807) is 12.1 Å². The minimum Gasteiger partial charge on any atom is -0.494 e. The van der Waals surface area contributed by atoms with Gasteiger partial charge in [0.05, 0.1) is 6.61 Å². The molecular formula is C26H27FO. The highest BCUT2D eigenvalue weighted by Gasteiger charge is 2.21. The second-order valence-corrected chi connectivity index (χ2v) is 7.71. The number of rotatable bonds is 6. The molecule has 4 rings (SSSR count). The molecule has 0 bridgehead atoms. The van der Waals surface area contributed by atoms with E-state index in [0.717, 1.165) is 42.7 Å². The number of hydrogen-bond donors (Lipinski definition) is 0. The van der Waals surface area contributed by atoms with Crippen molar-refractivity contribution in [3.63, 3.8) is 0 Å². The smallest absolute Gasteiger partial charge is 0.123 e. The summed E-state index contributed by atoms with van der Waals surface area (Å²) in [5, 5.41) is 0. The van der Waals surface area contributed by atoms with Crippen molar-refractivity contribution in [1.82, 2.24) is 0 Å². The summed E-state index contributed by atoms with van der Waals surface area (Å²) in [6.45, 7) is 2.88. The standard InChI is InChI=1S/C26H27FO/c1-2-14-28-25-11-3-6-19(16-25)15-23-9-4-7-20-12-13-22(18-26(20)23)21-8-5-10-24(27)17-21/h3,5-6,8,10-13,16-18,23H,2,4,7,9,14-15H2,1H3. The van der Waals surface area contributed by atoms with Gasteiger partial charge in [0.1, 0.15) is 11.6 Å². The van der Waals surface area contributed by atoms with Gasteiger partial charge < -0.3 is 4.74 Å². The Morgan fingerprint density at radius 2 is 1.82 bits per heavy atom. The molecule has 2 heteroatoms. The van der Waals surface area contributed by atoms with E-state index in [-0.39, 0.29) is 5.82 Å². The molecule has 1 unspecified atom stereocenters. The molecule has 0 spiro atoms. The Morgan fingerprint density at radius 3 is 2.68 bits per heavy atom. The highest BCUT2D eigenvalue weighted by Crippen LogP contribution is 2.37. The first-order valence-corrected chi connectivity index (χ1v) is 10.3. The van der Waals surface area contributed by atoms with Gasteiger partial charge >= 0.3 is 0 Å². The number of fused-ring (bicyclic) bond motifs is 1. The highest BCUT2D eigenvalue weighted by molar-refractivity contribution is 5.65. The van der Waals surface area contributed by atoms with Crippen molar-refractivity contribution in [2.24, 2.45) is 0 Å². The van der Waals surface area contributed by atoms with Gasteiger partial charge in [-0.1, -0.05) is 49.4 Å². The van der Waals surface area contributed by atoms with Crippen molar-refractivity contribution in [2.75, 3.05) is 6.61 Å². The average Bonchev–Trinajstić information content (AvgIpc) is 2.72. The zero-order valence-electron chi connectivity index (χ0n) is 16.5. The van der Waals surface area contributed by atoms with E-state index in [2.05, 4.69) is 43.3 Å². The van der Waals surface area contributed by atoms with Gasteiger partial charge in [0.2, 0.25) is 0 Å². The first kappa shape index (κ1) is 18.7. The van der Waals surface area contributed by atoms with Gasteiger partial charge in [0.15, 0.2) is 0 Å². The average molecular weight is 374 g/mol. The van der Waals surface area contributed by atoms with Crippen LogP contribution in [0.2, 0.25) is 0 Å². The van der Waals surface area contributed by atoms with E-state index in [1.165, 1.54) is 35.6 Å². The van der Waals surface area contributed by atoms with Crippen molar-refractivity contribution in [3.8, 4) is 16.9 Å². The number of hydrogen-bond acceptors (Lipinski definition) is 1. The Kier molecular flexibility index (Phi) is 5.76. The first-order chi connectivity index (χ1) is 13.7. The minimum absolute atomic E-state index is 0.185. The van der Waals surface area contributed by atoms with Crippen LogP contribution in [-0.4, -0.2) is 6.61 Å². The lowest BCUT2D eigenvalue weighted by atomic mass is 9.78. The molecule has 0 saturated heterocycles. The molecule has 3 aromatic carbocycles. The molecule has 1 aliphatic rings. The number of aryl methyl sites for hydroxylation is 1. The van der Waals surface area contributed by atoms with Crippen LogP contribution in [0, 0.1) is 5.82 Å². The van der Waals surface area contributed by atoms with E-state index in [4.69, 9.17) is 4.74 Å². The maximum Gasteiger partial charge on any atom is 0.123 e. The van der Waals surface area contributed by atoms with Crippen molar-refractivity contribution in [2.45, 2.75) is 44.9 Å². The normalized spacial score (nSPS) is 15.9. The fraction of sp³-hybridized carbons (Fsp3) is 0.308. The SMILES string of the molecule is CCCOc1cccc(CC2CCCc3ccc(-c4cccc(F)c4)cc32)c1. The topological polar surface area (TPSA) is 9.23 Å². The van der Waals surface area contributed by atoms with Gasteiger partial charge in [0, 0.05) is 0 Å². The fourth-order valence-electron chi connectivity index (χ4n) is 4.22. The Hall–Kier alpha value is -2.61. The van der Waals surface area contributed by atoms with Crippen LogP contribution < -0.4 is 4.74 Å². The van der Waals surface area contributed by atoms with E-state index in [1.807, 2.05) is 12.1 Å². The number of ether oxygens (including phenoxy) is 1. The molecule has 0 aliphatic heterocycles. The van der Waals surface area contributed by atoms with Gasteiger partial charge in [-0.05, 0) is 90.1 Å².